The van der Waals surface area contributed by atoms with Crippen LogP contribution in [0.25, 0.3) is 0 Å². The fourth-order valence-corrected chi connectivity index (χ4v) is 1.01. The van der Waals surface area contributed by atoms with E-state index in [2.05, 4.69) is 0 Å². The maximum absolute atomic E-state index is 9.26. The van der Waals surface area contributed by atoms with Crippen molar-refractivity contribution >= 4 is 0 Å². The van der Waals surface area contributed by atoms with Gasteiger partial charge in [-0.2, -0.15) is 5.26 Å². The highest BCUT2D eigenvalue weighted by Crippen LogP contribution is 2.17. The summed E-state index contributed by atoms with van der Waals surface area (Å²) in [5.74, 6) is 0. The van der Waals surface area contributed by atoms with Crippen LogP contribution < -0.4 is 0 Å². The normalized spacial score (nSPS) is 38.2. The average Bonchev–Trinajstić information content (AvgIpc) is 2.07. The smallest absolute Gasteiger partial charge is 0.113 e. The molecule has 1 rings (SSSR count). The summed E-state index contributed by atoms with van der Waals surface area (Å²) in [5, 5.41) is 35.7. The highest BCUT2D eigenvalue weighted by molar-refractivity contribution is 5.33. The monoisotopic (exact) mass is 167 g/mol. The number of rotatable bonds is 0. The predicted octanol–water partition coefficient (Wildman–Crippen LogP) is -0.911. The van der Waals surface area contributed by atoms with Gasteiger partial charge < -0.3 is 15.3 Å². The van der Waals surface area contributed by atoms with Crippen molar-refractivity contribution in [3.8, 4) is 6.07 Å². The van der Waals surface area contributed by atoms with E-state index in [0.717, 1.165) is 6.08 Å². The summed E-state index contributed by atoms with van der Waals surface area (Å²) in [7, 11) is 0. The Labute approximate surface area is 69.7 Å². The summed E-state index contributed by atoms with van der Waals surface area (Å²) in [6, 6.07) is 1.74. The molecule has 0 radical (unpaired) electrons. The number of hydrogen-bond acceptors (Lipinski definition) is 4. The van der Waals surface area contributed by atoms with E-state index < -0.39 is 18.3 Å². The first-order chi connectivity index (χ1) is 5.66. The molecule has 0 saturated carbocycles. The molecule has 0 amide bonds. The topological polar surface area (TPSA) is 84.5 Å². The molecule has 1 aliphatic rings. The van der Waals surface area contributed by atoms with E-state index in [1.807, 2.05) is 0 Å². The van der Waals surface area contributed by atoms with Crippen LogP contribution in [0.3, 0.4) is 0 Å². The minimum Gasteiger partial charge on any atom is -0.387 e. The Morgan fingerprint density at radius 1 is 1.42 bits per heavy atom. The van der Waals surface area contributed by atoms with E-state index in [4.69, 9.17) is 15.5 Å². The van der Waals surface area contributed by atoms with Gasteiger partial charge in [0.1, 0.15) is 18.3 Å². The molecule has 0 fully saturated rings. The van der Waals surface area contributed by atoms with Gasteiger partial charge >= 0.3 is 0 Å². The van der Waals surface area contributed by atoms with Gasteiger partial charge in [-0.15, -0.1) is 0 Å². The molecule has 3 atom stereocenters. The first-order valence-electron chi connectivity index (χ1n) is 3.49. The first-order valence-corrected chi connectivity index (χ1v) is 3.49. The molecular weight excluding hydrogens is 158 g/mol. The third kappa shape index (κ3) is 1.53. The fraction of sp³-hybridized carbons (Fsp3) is 0.375. The summed E-state index contributed by atoms with van der Waals surface area (Å²) < 4.78 is 0. The zero-order chi connectivity index (χ0) is 9.14. The largest absolute Gasteiger partial charge is 0.387 e. The van der Waals surface area contributed by atoms with E-state index >= 15 is 0 Å². The molecule has 0 spiro atoms. The zero-order valence-corrected chi connectivity index (χ0v) is 6.25. The van der Waals surface area contributed by atoms with Crippen molar-refractivity contribution in [2.75, 3.05) is 0 Å². The zero-order valence-electron chi connectivity index (χ0n) is 6.25. The summed E-state index contributed by atoms with van der Waals surface area (Å²) >= 11 is 0. The minimum atomic E-state index is -1.24. The van der Waals surface area contributed by atoms with Crippen LogP contribution in [0.5, 0.6) is 0 Å². The molecule has 1 aliphatic carbocycles. The third-order valence-corrected chi connectivity index (χ3v) is 1.73. The van der Waals surface area contributed by atoms with Crippen molar-refractivity contribution < 1.29 is 15.3 Å². The summed E-state index contributed by atoms with van der Waals surface area (Å²) in [5.41, 5.74) is 0.315. The van der Waals surface area contributed by atoms with Crippen LogP contribution in [0.1, 0.15) is 0 Å². The third-order valence-electron chi connectivity index (χ3n) is 1.73. The van der Waals surface area contributed by atoms with Crippen LogP contribution in [0, 0.1) is 11.3 Å². The summed E-state index contributed by atoms with van der Waals surface area (Å²) in [4.78, 5) is 0. The fourth-order valence-electron chi connectivity index (χ4n) is 1.01. The van der Waals surface area contributed by atoms with Crippen LogP contribution in [0.15, 0.2) is 23.8 Å². The first kappa shape index (κ1) is 8.94. The number of hydrogen-bond donors (Lipinski definition) is 3. The number of allylic oxidation sites excluding steroid dienone is 1. The SMILES string of the molecule is N#C/C=C1\C=C[C@@H](O)[C@H](O)[C@H]1O. The molecule has 4 nitrogen and oxygen atoms in total. The van der Waals surface area contributed by atoms with Gasteiger partial charge in [0.25, 0.3) is 0 Å². The second-order valence-corrected chi connectivity index (χ2v) is 2.56. The van der Waals surface area contributed by atoms with Gasteiger partial charge in [-0.3, -0.25) is 0 Å². The van der Waals surface area contributed by atoms with Crippen molar-refractivity contribution in [3.63, 3.8) is 0 Å². The Balaban J connectivity index is 2.90. The molecule has 0 bridgehead atoms. The van der Waals surface area contributed by atoms with Crippen molar-refractivity contribution in [1.82, 2.24) is 0 Å². The number of aliphatic hydroxyl groups excluding tert-OH is 3. The minimum absolute atomic E-state index is 0.315. The van der Waals surface area contributed by atoms with E-state index in [-0.39, 0.29) is 0 Å². The molecule has 0 aromatic carbocycles. The van der Waals surface area contributed by atoms with Crippen LogP contribution in [-0.4, -0.2) is 33.6 Å². The molecule has 0 aromatic rings. The lowest BCUT2D eigenvalue weighted by Crippen LogP contribution is -2.39. The number of nitrogens with zero attached hydrogens (tertiary/aromatic N) is 1. The van der Waals surface area contributed by atoms with E-state index in [1.54, 1.807) is 6.07 Å². The Morgan fingerprint density at radius 3 is 2.67 bits per heavy atom. The molecule has 12 heavy (non-hydrogen) atoms. The molecule has 0 aromatic heterocycles. The standard InChI is InChI=1S/C8H9NO3/c9-4-3-5-1-2-6(10)8(12)7(5)11/h1-3,6-8,10-12H/b5-3+/t6-,7+,8+/m1/s1. The Bertz CT molecular complexity index is 264. The van der Waals surface area contributed by atoms with E-state index in [1.165, 1.54) is 12.2 Å². The molecule has 0 saturated heterocycles. The van der Waals surface area contributed by atoms with Crippen LogP contribution >= 0.6 is 0 Å². The van der Waals surface area contributed by atoms with E-state index in [9.17, 15) is 5.11 Å². The Kier molecular flexibility index (Phi) is 2.61. The van der Waals surface area contributed by atoms with Gasteiger partial charge in [0.05, 0.1) is 6.07 Å². The average molecular weight is 167 g/mol. The number of aliphatic hydroxyl groups is 3. The molecule has 3 N–H and O–H groups in total. The maximum Gasteiger partial charge on any atom is 0.113 e. The van der Waals surface area contributed by atoms with Gasteiger partial charge in [-0.25, -0.2) is 0 Å². The van der Waals surface area contributed by atoms with Gasteiger partial charge in [0, 0.05) is 6.08 Å². The van der Waals surface area contributed by atoms with Crippen molar-refractivity contribution in [2.24, 2.45) is 0 Å². The lowest BCUT2D eigenvalue weighted by atomic mass is 9.94. The lowest BCUT2D eigenvalue weighted by Gasteiger charge is -2.25. The lowest BCUT2D eigenvalue weighted by molar-refractivity contribution is -0.0284. The second kappa shape index (κ2) is 3.50. The van der Waals surface area contributed by atoms with Gasteiger partial charge in [-0.1, -0.05) is 12.2 Å². The highest BCUT2D eigenvalue weighted by atomic mass is 16.4. The molecule has 0 heterocycles. The van der Waals surface area contributed by atoms with Gasteiger partial charge in [-0.05, 0) is 5.57 Å². The summed E-state index contributed by atoms with van der Waals surface area (Å²) in [6.45, 7) is 0. The van der Waals surface area contributed by atoms with Crippen LogP contribution in [-0.2, 0) is 0 Å². The maximum atomic E-state index is 9.26. The molecule has 64 valence electrons. The van der Waals surface area contributed by atoms with Crippen molar-refractivity contribution in [3.05, 3.63) is 23.8 Å². The van der Waals surface area contributed by atoms with Crippen molar-refractivity contribution in [1.29, 1.82) is 5.26 Å². The van der Waals surface area contributed by atoms with E-state index in [0.29, 0.717) is 5.57 Å². The van der Waals surface area contributed by atoms with Gasteiger partial charge in [0.2, 0.25) is 0 Å². The number of nitriles is 1. The predicted molar refractivity (Wildman–Crippen MR) is 40.9 cm³/mol. The van der Waals surface area contributed by atoms with Crippen LogP contribution in [0.4, 0.5) is 0 Å². The summed E-state index contributed by atoms with van der Waals surface area (Å²) in [6.07, 6.45) is 0.414. The molecule has 0 unspecified atom stereocenters. The molecular formula is C8H9NO3. The van der Waals surface area contributed by atoms with Crippen LogP contribution in [0.2, 0.25) is 0 Å². The van der Waals surface area contributed by atoms with Crippen molar-refractivity contribution in [2.45, 2.75) is 18.3 Å². The van der Waals surface area contributed by atoms with Gasteiger partial charge in [0.15, 0.2) is 0 Å². The Hall–Kier alpha value is -1.15. The quantitative estimate of drug-likeness (QED) is 0.408. The second-order valence-electron chi connectivity index (χ2n) is 2.56. The Morgan fingerprint density at radius 2 is 2.08 bits per heavy atom. The highest BCUT2D eigenvalue weighted by Gasteiger charge is 2.28. The molecule has 0 aliphatic heterocycles. The molecule has 4 heteroatoms.